The Balaban J connectivity index is 3.40. The van der Waals surface area contributed by atoms with E-state index in [1.807, 2.05) is 6.92 Å². The first-order chi connectivity index (χ1) is 4.72. The van der Waals surface area contributed by atoms with Crippen molar-refractivity contribution in [2.75, 3.05) is 19.8 Å². The smallest absolute Gasteiger partial charge is 0.0508 e. The summed E-state index contributed by atoms with van der Waals surface area (Å²) in [5, 5.41) is 0. The zero-order valence-corrected chi connectivity index (χ0v) is 7.26. The summed E-state index contributed by atoms with van der Waals surface area (Å²) in [5.74, 6) is 1.16. The number of rotatable bonds is 5. The highest BCUT2D eigenvalue weighted by Gasteiger charge is 2.10. The summed E-state index contributed by atoms with van der Waals surface area (Å²) in [4.78, 5) is 0. The van der Waals surface area contributed by atoms with Gasteiger partial charge in [-0.15, -0.1) is 0 Å². The molecule has 0 fully saturated rings. The molecule has 0 rings (SSSR count). The minimum absolute atomic E-state index is 0.528. The average Bonchev–Trinajstić information content (AvgIpc) is 1.89. The van der Waals surface area contributed by atoms with Gasteiger partial charge in [-0.05, 0) is 25.3 Å². The fraction of sp³-hybridized carbons (Fsp3) is 1.00. The van der Waals surface area contributed by atoms with Gasteiger partial charge in [-0.1, -0.05) is 13.8 Å². The fourth-order valence-corrected chi connectivity index (χ4v) is 0.802. The van der Waals surface area contributed by atoms with Gasteiger partial charge >= 0.3 is 0 Å². The summed E-state index contributed by atoms with van der Waals surface area (Å²) >= 11 is 0. The SMILES string of the molecule is CCOCC(CN)C(C)C. The molecule has 2 N–H and O–H groups in total. The Bertz CT molecular complexity index is 73.7. The molecule has 2 heteroatoms. The molecule has 0 aromatic heterocycles. The van der Waals surface area contributed by atoms with E-state index in [0.29, 0.717) is 11.8 Å². The summed E-state index contributed by atoms with van der Waals surface area (Å²) in [7, 11) is 0. The third-order valence-corrected chi connectivity index (χ3v) is 1.78. The maximum absolute atomic E-state index is 5.53. The van der Waals surface area contributed by atoms with Gasteiger partial charge in [0.25, 0.3) is 0 Å². The van der Waals surface area contributed by atoms with Gasteiger partial charge in [0, 0.05) is 6.61 Å². The summed E-state index contributed by atoms with van der Waals surface area (Å²) in [6.07, 6.45) is 0. The van der Waals surface area contributed by atoms with Gasteiger partial charge in [0.2, 0.25) is 0 Å². The van der Waals surface area contributed by atoms with E-state index >= 15 is 0 Å². The normalized spacial score (nSPS) is 14.1. The lowest BCUT2D eigenvalue weighted by Crippen LogP contribution is -2.24. The Kier molecular flexibility index (Phi) is 5.64. The third kappa shape index (κ3) is 3.85. The van der Waals surface area contributed by atoms with Crippen LogP contribution in [0.4, 0.5) is 0 Å². The van der Waals surface area contributed by atoms with Gasteiger partial charge in [-0.2, -0.15) is 0 Å². The molecule has 1 unspecified atom stereocenters. The zero-order valence-electron chi connectivity index (χ0n) is 7.26. The van der Waals surface area contributed by atoms with Gasteiger partial charge in [0.05, 0.1) is 6.61 Å². The maximum atomic E-state index is 5.53. The number of ether oxygens (including phenoxy) is 1. The van der Waals surface area contributed by atoms with Crippen molar-refractivity contribution in [3.8, 4) is 0 Å². The van der Waals surface area contributed by atoms with Crippen molar-refractivity contribution >= 4 is 0 Å². The molecule has 0 aliphatic heterocycles. The Morgan fingerprint density at radius 3 is 2.30 bits per heavy atom. The molecule has 0 aromatic carbocycles. The van der Waals surface area contributed by atoms with Crippen molar-refractivity contribution in [2.24, 2.45) is 17.6 Å². The van der Waals surface area contributed by atoms with E-state index in [2.05, 4.69) is 13.8 Å². The zero-order chi connectivity index (χ0) is 7.98. The number of hydrogen-bond acceptors (Lipinski definition) is 2. The molecule has 2 nitrogen and oxygen atoms in total. The van der Waals surface area contributed by atoms with E-state index < -0.39 is 0 Å². The predicted molar refractivity (Wildman–Crippen MR) is 43.9 cm³/mol. The van der Waals surface area contributed by atoms with Gasteiger partial charge in [-0.3, -0.25) is 0 Å². The van der Waals surface area contributed by atoms with Crippen LogP contribution in [0.1, 0.15) is 20.8 Å². The van der Waals surface area contributed by atoms with E-state index in [1.54, 1.807) is 0 Å². The molecular weight excluding hydrogens is 126 g/mol. The Morgan fingerprint density at radius 1 is 1.40 bits per heavy atom. The van der Waals surface area contributed by atoms with Crippen LogP contribution in [0.5, 0.6) is 0 Å². The van der Waals surface area contributed by atoms with Crippen LogP contribution < -0.4 is 5.73 Å². The van der Waals surface area contributed by atoms with Crippen LogP contribution in [-0.2, 0) is 4.74 Å². The molecule has 0 amide bonds. The summed E-state index contributed by atoms with van der Waals surface area (Å²) < 4.78 is 5.27. The van der Waals surface area contributed by atoms with E-state index in [0.717, 1.165) is 19.8 Å². The van der Waals surface area contributed by atoms with Crippen LogP contribution >= 0.6 is 0 Å². The molecule has 0 heterocycles. The molecule has 0 aliphatic carbocycles. The van der Waals surface area contributed by atoms with E-state index in [4.69, 9.17) is 10.5 Å². The lowest BCUT2D eigenvalue weighted by Gasteiger charge is -2.17. The van der Waals surface area contributed by atoms with Crippen LogP contribution in [0.15, 0.2) is 0 Å². The molecule has 0 saturated heterocycles. The molecule has 1 atom stereocenters. The second kappa shape index (κ2) is 5.69. The Morgan fingerprint density at radius 2 is 2.00 bits per heavy atom. The second-order valence-corrected chi connectivity index (χ2v) is 2.90. The van der Waals surface area contributed by atoms with Crippen molar-refractivity contribution in [3.63, 3.8) is 0 Å². The Hall–Kier alpha value is -0.0800. The van der Waals surface area contributed by atoms with Crippen LogP contribution in [0, 0.1) is 11.8 Å². The highest BCUT2D eigenvalue weighted by molar-refractivity contribution is 4.62. The van der Waals surface area contributed by atoms with Gasteiger partial charge in [0.15, 0.2) is 0 Å². The van der Waals surface area contributed by atoms with Crippen molar-refractivity contribution in [3.05, 3.63) is 0 Å². The third-order valence-electron chi connectivity index (χ3n) is 1.78. The van der Waals surface area contributed by atoms with Crippen molar-refractivity contribution < 1.29 is 4.74 Å². The average molecular weight is 145 g/mol. The highest BCUT2D eigenvalue weighted by atomic mass is 16.5. The first kappa shape index (κ1) is 9.92. The first-order valence-electron chi connectivity index (χ1n) is 4.00. The molecule has 0 aromatic rings. The summed E-state index contributed by atoms with van der Waals surface area (Å²) in [6, 6.07) is 0. The number of hydrogen-bond donors (Lipinski definition) is 1. The molecule has 0 spiro atoms. The predicted octanol–water partition coefficient (Wildman–Crippen LogP) is 1.25. The molecule has 10 heavy (non-hydrogen) atoms. The van der Waals surface area contributed by atoms with Gasteiger partial charge < -0.3 is 10.5 Å². The lowest BCUT2D eigenvalue weighted by molar-refractivity contribution is 0.0958. The van der Waals surface area contributed by atoms with E-state index in [9.17, 15) is 0 Å². The maximum Gasteiger partial charge on any atom is 0.0508 e. The van der Waals surface area contributed by atoms with Crippen molar-refractivity contribution in [1.82, 2.24) is 0 Å². The van der Waals surface area contributed by atoms with Crippen molar-refractivity contribution in [2.45, 2.75) is 20.8 Å². The number of nitrogens with two attached hydrogens (primary N) is 1. The summed E-state index contributed by atoms with van der Waals surface area (Å²) in [6.45, 7) is 8.70. The molecule has 0 radical (unpaired) electrons. The second-order valence-electron chi connectivity index (χ2n) is 2.90. The van der Waals surface area contributed by atoms with E-state index in [1.165, 1.54) is 0 Å². The van der Waals surface area contributed by atoms with Crippen LogP contribution in [-0.4, -0.2) is 19.8 Å². The van der Waals surface area contributed by atoms with E-state index in [-0.39, 0.29) is 0 Å². The molecule has 62 valence electrons. The van der Waals surface area contributed by atoms with Crippen LogP contribution in [0.2, 0.25) is 0 Å². The summed E-state index contributed by atoms with van der Waals surface area (Å²) in [5.41, 5.74) is 5.53. The molecule has 0 bridgehead atoms. The highest BCUT2D eigenvalue weighted by Crippen LogP contribution is 2.08. The minimum atomic E-state index is 0.528. The molecule has 0 aliphatic rings. The van der Waals surface area contributed by atoms with Gasteiger partial charge in [-0.25, -0.2) is 0 Å². The van der Waals surface area contributed by atoms with Crippen molar-refractivity contribution in [1.29, 1.82) is 0 Å². The van der Waals surface area contributed by atoms with Gasteiger partial charge in [0.1, 0.15) is 0 Å². The fourth-order valence-electron chi connectivity index (χ4n) is 0.802. The standard InChI is InChI=1S/C8H19NO/c1-4-10-6-8(5-9)7(2)3/h7-8H,4-6,9H2,1-3H3. The van der Waals surface area contributed by atoms with Crippen LogP contribution in [0.3, 0.4) is 0 Å². The quantitative estimate of drug-likeness (QED) is 0.632. The first-order valence-corrected chi connectivity index (χ1v) is 4.00. The Labute approximate surface area is 63.7 Å². The monoisotopic (exact) mass is 145 g/mol. The molecule has 0 saturated carbocycles. The largest absolute Gasteiger partial charge is 0.381 e. The molecular formula is C8H19NO. The topological polar surface area (TPSA) is 35.2 Å². The van der Waals surface area contributed by atoms with Crippen LogP contribution in [0.25, 0.3) is 0 Å². The minimum Gasteiger partial charge on any atom is -0.381 e. The lowest BCUT2D eigenvalue weighted by atomic mass is 9.97.